The zero-order valence-corrected chi connectivity index (χ0v) is 10.6. The molecule has 0 saturated heterocycles. The van der Waals surface area contributed by atoms with Gasteiger partial charge < -0.3 is 10.4 Å². The summed E-state index contributed by atoms with van der Waals surface area (Å²) in [4.78, 5) is 11.8. The predicted octanol–water partition coefficient (Wildman–Crippen LogP) is 3.51. The van der Waals surface area contributed by atoms with Gasteiger partial charge in [-0.3, -0.25) is 4.79 Å². The lowest BCUT2D eigenvalue weighted by atomic mass is 10.1. The van der Waals surface area contributed by atoms with Crippen LogP contribution in [0.1, 0.15) is 15.9 Å². The minimum atomic E-state index is -0.0624. The number of phenols is 1. The first-order chi connectivity index (χ1) is 9.15. The number of aryl methyl sites for hydroxylation is 1. The van der Waals surface area contributed by atoms with Crippen LogP contribution < -0.4 is 5.32 Å². The van der Waals surface area contributed by atoms with Crippen molar-refractivity contribution in [3.63, 3.8) is 0 Å². The van der Waals surface area contributed by atoms with Crippen molar-refractivity contribution >= 4 is 11.5 Å². The highest BCUT2D eigenvalue weighted by molar-refractivity contribution is 6.04. The van der Waals surface area contributed by atoms with E-state index in [2.05, 4.69) is 5.32 Å². The molecule has 0 bridgehead atoms. The fourth-order valence-corrected chi connectivity index (χ4v) is 1.62. The van der Waals surface area contributed by atoms with Crippen molar-refractivity contribution in [1.82, 2.24) is 0 Å². The van der Waals surface area contributed by atoms with Gasteiger partial charge in [0.05, 0.1) is 0 Å². The summed E-state index contributed by atoms with van der Waals surface area (Å²) in [6, 6.07) is 14.1. The number of benzene rings is 2. The summed E-state index contributed by atoms with van der Waals surface area (Å²) >= 11 is 0. The Bertz CT molecular complexity index is 600. The Balaban J connectivity index is 1.99. The van der Waals surface area contributed by atoms with E-state index in [0.717, 1.165) is 11.3 Å². The molecule has 0 spiro atoms. The van der Waals surface area contributed by atoms with Crippen molar-refractivity contribution in [2.45, 2.75) is 6.92 Å². The molecule has 0 radical (unpaired) electrons. The zero-order valence-electron chi connectivity index (χ0n) is 10.6. The molecule has 0 aliphatic heterocycles. The lowest BCUT2D eigenvalue weighted by Gasteiger charge is -2.01. The van der Waals surface area contributed by atoms with E-state index in [1.165, 1.54) is 6.08 Å². The number of anilines is 1. The molecule has 3 heteroatoms. The monoisotopic (exact) mass is 253 g/mol. The highest BCUT2D eigenvalue weighted by Crippen LogP contribution is 2.15. The zero-order chi connectivity index (χ0) is 13.7. The lowest BCUT2D eigenvalue weighted by molar-refractivity contribution is 0.104. The van der Waals surface area contributed by atoms with Gasteiger partial charge in [0.1, 0.15) is 5.75 Å². The number of ketones is 1. The average molecular weight is 253 g/mol. The fraction of sp³-hybridized carbons (Fsp3) is 0.0625. The topological polar surface area (TPSA) is 49.3 Å². The summed E-state index contributed by atoms with van der Waals surface area (Å²) in [5, 5.41) is 12.2. The maximum absolute atomic E-state index is 11.8. The quantitative estimate of drug-likeness (QED) is 0.647. The second kappa shape index (κ2) is 5.87. The minimum absolute atomic E-state index is 0.0624. The van der Waals surface area contributed by atoms with Gasteiger partial charge in [-0.05, 0) is 19.1 Å². The van der Waals surface area contributed by atoms with Crippen LogP contribution in [0, 0.1) is 6.92 Å². The Hall–Kier alpha value is -2.55. The molecule has 96 valence electrons. The fourth-order valence-electron chi connectivity index (χ4n) is 1.62. The highest BCUT2D eigenvalue weighted by Gasteiger charge is 2.00. The summed E-state index contributed by atoms with van der Waals surface area (Å²) in [7, 11) is 0. The number of carbonyl (C=O) groups excluding carboxylic acids is 1. The van der Waals surface area contributed by atoms with Crippen molar-refractivity contribution in [1.29, 1.82) is 0 Å². The second-order valence-corrected chi connectivity index (χ2v) is 4.26. The standard InChI is InChI=1S/C16H15NO2/c1-12-5-7-13(8-6-12)16(19)9-10-17-14-3-2-4-15(18)11-14/h2-11,17-18H,1H3/b10-9+. The molecule has 2 rings (SSSR count). The molecule has 2 N–H and O–H groups in total. The predicted molar refractivity (Wildman–Crippen MR) is 76.4 cm³/mol. The molecule has 0 saturated carbocycles. The maximum Gasteiger partial charge on any atom is 0.187 e. The molecule has 19 heavy (non-hydrogen) atoms. The Morgan fingerprint density at radius 2 is 1.89 bits per heavy atom. The molecule has 2 aromatic carbocycles. The number of carbonyl (C=O) groups is 1. The van der Waals surface area contributed by atoms with E-state index in [9.17, 15) is 9.90 Å². The molecule has 0 fully saturated rings. The molecule has 2 aromatic rings. The molecule has 0 amide bonds. The van der Waals surface area contributed by atoms with Gasteiger partial charge in [0, 0.05) is 29.6 Å². The van der Waals surface area contributed by atoms with Crippen LogP contribution in [-0.2, 0) is 0 Å². The largest absolute Gasteiger partial charge is 0.508 e. The molecule has 0 aliphatic carbocycles. The van der Waals surface area contributed by atoms with E-state index in [1.807, 2.05) is 19.1 Å². The van der Waals surface area contributed by atoms with Crippen LogP contribution in [-0.4, -0.2) is 10.9 Å². The van der Waals surface area contributed by atoms with E-state index in [-0.39, 0.29) is 11.5 Å². The third-order valence-corrected chi connectivity index (χ3v) is 2.67. The van der Waals surface area contributed by atoms with Crippen molar-refractivity contribution < 1.29 is 9.90 Å². The molecule has 3 nitrogen and oxygen atoms in total. The first-order valence-electron chi connectivity index (χ1n) is 5.98. The van der Waals surface area contributed by atoms with E-state index in [1.54, 1.807) is 42.6 Å². The SMILES string of the molecule is Cc1ccc(C(=O)/C=C/Nc2cccc(O)c2)cc1. The Labute approximate surface area is 112 Å². The van der Waals surface area contributed by atoms with Gasteiger partial charge in [0.15, 0.2) is 5.78 Å². The highest BCUT2D eigenvalue weighted by atomic mass is 16.3. The van der Waals surface area contributed by atoms with Gasteiger partial charge in [0.2, 0.25) is 0 Å². The number of hydrogen-bond donors (Lipinski definition) is 2. The van der Waals surface area contributed by atoms with E-state index < -0.39 is 0 Å². The van der Waals surface area contributed by atoms with Gasteiger partial charge in [0.25, 0.3) is 0 Å². The van der Waals surface area contributed by atoms with Gasteiger partial charge >= 0.3 is 0 Å². The van der Waals surface area contributed by atoms with Crippen LogP contribution in [0.5, 0.6) is 5.75 Å². The van der Waals surface area contributed by atoms with Crippen molar-refractivity contribution in [2.75, 3.05) is 5.32 Å². The molecule has 0 aliphatic rings. The average Bonchev–Trinajstić information content (AvgIpc) is 2.39. The van der Waals surface area contributed by atoms with Crippen LogP contribution in [0.25, 0.3) is 0 Å². The molecule has 0 aromatic heterocycles. The van der Waals surface area contributed by atoms with Crippen molar-refractivity contribution in [3.8, 4) is 5.75 Å². The van der Waals surface area contributed by atoms with Crippen LogP contribution in [0.3, 0.4) is 0 Å². The second-order valence-electron chi connectivity index (χ2n) is 4.26. The van der Waals surface area contributed by atoms with E-state index in [0.29, 0.717) is 5.56 Å². The summed E-state index contributed by atoms with van der Waals surface area (Å²) in [6.45, 7) is 1.98. The number of allylic oxidation sites excluding steroid dienone is 1. The smallest absolute Gasteiger partial charge is 0.187 e. The summed E-state index contributed by atoms with van der Waals surface area (Å²) in [5.74, 6) is 0.121. The van der Waals surface area contributed by atoms with Crippen molar-refractivity contribution in [2.24, 2.45) is 0 Å². The third-order valence-electron chi connectivity index (χ3n) is 2.67. The molecular formula is C16H15NO2. The minimum Gasteiger partial charge on any atom is -0.508 e. The lowest BCUT2D eigenvalue weighted by Crippen LogP contribution is -1.96. The Morgan fingerprint density at radius 3 is 2.58 bits per heavy atom. The molecule has 0 atom stereocenters. The number of phenolic OH excluding ortho intramolecular Hbond substituents is 1. The van der Waals surface area contributed by atoms with Gasteiger partial charge in [-0.2, -0.15) is 0 Å². The number of nitrogens with one attached hydrogen (secondary N) is 1. The van der Waals surface area contributed by atoms with Crippen LogP contribution >= 0.6 is 0 Å². The molecule has 0 unspecified atom stereocenters. The van der Waals surface area contributed by atoms with Crippen LogP contribution in [0.2, 0.25) is 0 Å². The maximum atomic E-state index is 11.8. The summed E-state index contributed by atoms with van der Waals surface area (Å²) in [5.41, 5.74) is 2.51. The first kappa shape index (κ1) is 12.9. The van der Waals surface area contributed by atoms with Crippen LogP contribution in [0.15, 0.2) is 60.8 Å². The Morgan fingerprint density at radius 1 is 1.16 bits per heavy atom. The summed E-state index contributed by atoms with van der Waals surface area (Å²) in [6.07, 6.45) is 3.03. The number of rotatable bonds is 4. The number of hydrogen-bond acceptors (Lipinski definition) is 3. The first-order valence-corrected chi connectivity index (χ1v) is 5.98. The normalized spacial score (nSPS) is 10.6. The van der Waals surface area contributed by atoms with E-state index >= 15 is 0 Å². The number of aromatic hydroxyl groups is 1. The van der Waals surface area contributed by atoms with Gasteiger partial charge in [-0.15, -0.1) is 0 Å². The van der Waals surface area contributed by atoms with Gasteiger partial charge in [-0.1, -0.05) is 35.9 Å². The third kappa shape index (κ3) is 3.71. The molecule has 0 heterocycles. The van der Waals surface area contributed by atoms with Gasteiger partial charge in [-0.25, -0.2) is 0 Å². The van der Waals surface area contributed by atoms with E-state index in [4.69, 9.17) is 0 Å². The Kier molecular flexibility index (Phi) is 3.98. The van der Waals surface area contributed by atoms with Crippen molar-refractivity contribution in [3.05, 3.63) is 71.9 Å². The van der Waals surface area contributed by atoms with Crippen LogP contribution in [0.4, 0.5) is 5.69 Å². The molecular weight excluding hydrogens is 238 g/mol. The summed E-state index contributed by atoms with van der Waals surface area (Å²) < 4.78 is 0.